The van der Waals surface area contributed by atoms with Crippen molar-refractivity contribution in [2.24, 2.45) is 0 Å². The second kappa shape index (κ2) is 5.43. The number of benzene rings is 1. The number of ether oxygens (including phenoxy) is 2. The highest BCUT2D eigenvalue weighted by Crippen LogP contribution is 2.36. The van der Waals surface area contributed by atoms with Gasteiger partial charge in [0.15, 0.2) is 11.5 Å². The number of carbonyl (C=O) groups is 1. The zero-order chi connectivity index (χ0) is 13.0. The van der Waals surface area contributed by atoms with Gasteiger partial charge >= 0.3 is 0 Å². The molecule has 0 saturated heterocycles. The van der Waals surface area contributed by atoms with Crippen LogP contribution in [0.5, 0.6) is 17.2 Å². The second-order valence-electron chi connectivity index (χ2n) is 3.86. The van der Waals surface area contributed by atoms with Crippen LogP contribution in [0.25, 0.3) is 0 Å². The van der Waals surface area contributed by atoms with Crippen LogP contribution in [0.3, 0.4) is 0 Å². The van der Waals surface area contributed by atoms with Crippen molar-refractivity contribution in [3.05, 3.63) is 17.7 Å². The molecular weight excluding hydrogens is 222 g/mol. The third kappa shape index (κ3) is 3.03. The molecule has 5 nitrogen and oxygen atoms in total. The zero-order valence-corrected chi connectivity index (χ0v) is 10.4. The van der Waals surface area contributed by atoms with E-state index in [9.17, 15) is 9.90 Å². The lowest BCUT2D eigenvalue weighted by Crippen LogP contribution is -2.30. The first-order valence-corrected chi connectivity index (χ1v) is 5.25. The van der Waals surface area contributed by atoms with E-state index in [2.05, 4.69) is 5.32 Å². The van der Waals surface area contributed by atoms with E-state index in [1.807, 2.05) is 13.8 Å². The topological polar surface area (TPSA) is 67.8 Å². The summed E-state index contributed by atoms with van der Waals surface area (Å²) in [5.41, 5.74) is 0.380. The zero-order valence-electron chi connectivity index (χ0n) is 10.4. The van der Waals surface area contributed by atoms with Gasteiger partial charge in [-0.05, 0) is 26.0 Å². The molecular formula is C12H17NO4. The van der Waals surface area contributed by atoms with Crippen molar-refractivity contribution in [1.29, 1.82) is 0 Å². The third-order valence-electron chi connectivity index (χ3n) is 2.16. The molecule has 0 bridgehead atoms. The molecule has 0 radical (unpaired) electrons. The maximum atomic E-state index is 11.8. The molecule has 5 heteroatoms. The molecule has 0 atom stereocenters. The van der Waals surface area contributed by atoms with Crippen LogP contribution in [0.1, 0.15) is 24.2 Å². The summed E-state index contributed by atoms with van der Waals surface area (Å²) < 4.78 is 9.95. The summed E-state index contributed by atoms with van der Waals surface area (Å²) in [6.45, 7) is 3.74. The molecule has 0 heterocycles. The van der Waals surface area contributed by atoms with Gasteiger partial charge in [-0.15, -0.1) is 0 Å². The highest BCUT2D eigenvalue weighted by Gasteiger charge is 2.15. The lowest BCUT2D eigenvalue weighted by atomic mass is 10.1. The largest absolute Gasteiger partial charge is 0.502 e. The van der Waals surface area contributed by atoms with Crippen molar-refractivity contribution in [3.8, 4) is 17.2 Å². The number of amides is 1. The number of hydrogen-bond donors (Lipinski definition) is 2. The highest BCUT2D eigenvalue weighted by molar-refractivity contribution is 5.95. The molecule has 0 saturated carbocycles. The van der Waals surface area contributed by atoms with Gasteiger partial charge in [0.1, 0.15) is 0 Å². The predicted molar refractivity (Wildman–Crippen MR) is 63.8 cm³/mol. The van der Waals surface area contributed by atoms with E-state index in [1.54, 1.807) is 0 Å². The van der Waals surface area contributed by atoms with Gasteiger partial charge in [0.2, 0.25) is 5.75 Å². The van der Waals surface area contributed by atoms with Crippen LogP contribution in [-0.4, -0.2) is 31.3 Å². The highest BCUT2D eigenvalue weighted by atomic mass is 16.5. The normalized spacial score (nSPS) is 10.2. The van der Waals surface area contributed by atoms with Gasteiger partial charge in [-0.3, -0.25) is 4.79 Å². The van der Waals surface area contributed by atoms with Gasteiger partial charge in [0, 0.05) is 11.6 Å². The molecule has 94 valence electrons. The maximum absolute atomic E-state index is 11.8. The summed E-state index contributed by atoms with van der Waals surface area (Å²) in [6, 6.07) is 2.97. The summed E-state index contributed by atoms with van der Waals surface area (Å²) >= 11 is 0. The Balaban J connectivity index is 3.12. The summed E-state index contributed by atoms with van der Waals surface area (Å²) in [6.07, 6.45) is 0. The molecule has 0 spiro atoms. The van der Waals surface area contributed by atoms with Crippen LogP contribution in [0.15, 0.2) is 12.1 Å². The third-order valence-corrected chi connectivity index (χ3v) is 2.16. The van der Waals surface area contributed by atoms with Gasteiger partial charge in [0.05, 0.1) is 14.2 Å². The first kappa shape index (κ1) is 13.2. The Labute approximate surface area is 100 Å². The second-order valence-corrected chi connectivity index (χ2v) is 3.86. The van der Waals surface area contributed by atoms with E-state index >= 15 is 0 Å². The predicted octanol–water partition coefficient (Wildman–Crippen LogP) is 1.55. The number of hydrogen-bond acceptors (Lipinski definition) is 4. The van der Waals surface area contributed by atoms with Crippen LogP contribution in [-0.2, 0) is 0 Å². The minimum atomic E-state index is -0.239. The average molecular weight is 239 g/mol. The van der Waals surface area contributed by atoms with Crippen LogP contribution in [0.2, 0.25) is 0 Å². The Kier molecular flexibility index (Phi) is 4.20. The molecule has 0 aliphatic rings. The quantitative estimate of drug-likeness (QED) is 0.836. The van der Waals surface area contributed by atoms with Crippen molar-refractivity contribution in [1.82, 2.24) is 5.32 Å². The molecule has 0 aliphatic heterocycles. The number of aromatic hydroxyl groups is 1. The van der Waals surface area contributed by atoms with E-state index < -0.39 is 0 Å². The van der Waals surface area contributed by atoms with E-state index in [-0.39, 0.29) is 29.2 Å². The van der Waals surface area contributed by atoms with Crippen molar-refractivity contribution in [3.63, 3.8) is 0 Å². The fourth-order valence-electron chi connectivity index (χ4n) is 1.37. The fraction of sp³-hybridized carbons (Fsp3) is 0.417. The van der Waals surface area contributed by atoms with Crippen LogP contribution in [0, 0.1) is 0 Å². The Hall–Kier alpha value is -1.91. The molecule has 0 aliphatic carbocycles. The molecule has 2 N–H and O–H groups in total. The lowest BCUT2D eigenvalue weighted by Gasteiger charge is -2.12. The molecule has 0 aromatic heterocycles. The monoisotopic (exact) mass is 239 g/mol. The minimum Gasteiger partial charge on any atom is -0.502 e. The van der Waals surface area contributed by atoms with Gasteiger partial charge in [-0.2, -0.15) is 0 Å². The number of nitrogens with one attached hydrogen (secondary N) is 1. The van der Waals surface area contributed by atoms with Gasteiger partial charge < -0.3 is 19.9 Å². The lowest BCUT2D eigenvalue weighted by molar-refractivity contribution is 0.0942. The Morgan fingerprint density at radius 2 is 1.71 bits per heavy atom. The van der Waals surface area contributed by atoms with Crippen molar-refractivity contribution in [2.75, 3.05) is 14.2 Å². The van der Waals surface area contributed by atoms with Crippen LogP contribution < -0.4 is 14.8 Å². The first-order valence-electron chi connectivity index (χ1n) is 5.25. The van der Waals surface area contributed by atoms with Crippen molar-refractivity contribution < 1.29 is 19.4 Å². The molecule has 1 aromatic rings. The van der Waals surface area contributed by atoms with E-state index in [4.69, 9.17) is 9.47 Å². The molecule has 17 heavy (non-hydrogen) atoms. The van der Waals surface area contributed by atoms with Crippen LogP contribution in [0.4, 0.5) is 0 Å². The molecule has 0 unspecified atom stereocenters. The molecule has 1 rings (SSSR count). The number of carbonyl (C=O) groups excluding carboxylic acids is 1. The molecule has 1 amide bonds. The van der Waals surface area contributed by atoms with E-state index in [0.717, 1.165) is 0 Å². The fourth-order valence-corrected chi connectivity index (χ4v) is 1.37. The Morgan fingerprint density at radius 1 is 1.24 bits per heavy atom. The minimum absolute atomic E-state index is 0.0355. The SMILES string of the molecule is COc1cc(C(=O)NC(C)C)cc(OC)c1O. The van der Waals surface area contributed by atoms with E-state index in [1.165, 1.54) is 26.4 Å². The standard InChI is InChI=1S/C12H17NO4/c1-7(2)13-12(15)8-5-9(16-3)11(14)10(6-8)17-4/h5-7,14H,1-4H3,(H,13,15). The van der Waals surface area contributed by atoms with Gasteiger partial charge in [-0.25, -0.2) is 0 Å². The summed E-state index contributed by atoms with van der Waals surface area (Å²) in [5, 5.41) is 12.4. The summed E-state index contributed by atoms with van der Waals surface area (Å²) in [7, 11) is 2.83. The van der Waals surface area contributed by atoms with Crippen LogP contribution >= 0.6 is 0 Å². The average Bonchev–Trinajstić information content (AvgIpc) is 2.28. The van der Waals surface area contributed by atoms with E-state index in [0.29, 0.717) is 5.56 Å². The van der Waals surface area contributed by atoms with Gasteiger partial charge in [-0.1, -0.05) is 0 Å². The molecule has 0 fully saturated rings. The number of rotatable bonds is 4. The summed E-state index contributed by atoms with van der Waals surface area (Å²) in [5.74, 6) is 0.0595. The van der Waals surface area contributed by atoms with Crippen molar-refractivity contribution >= 4 is 5.91 Å². The smallest absolute Gasteiger partial charge is 0.251 e. The Morgan fingerprint density at radius 3 is 2.06 bits per heavy atom. The van der Waals surface area contributed by atoms with Gasteiger partial charge in [0.25, 0.3) is 5.91 Å². The molecule has 1 aromatic carbocycles. The number of methoxy groups -OCH3 is 2. The maximum Gasteiger partial charge on any atom is 0.251 e. The summed E-state index contributed by atoms with van der Waals surface area (Å²) in [4.78, 5) is 11.8. The Bertz CT molecular complexity index is 390. The first-order chi connectivity index (χ1) is 7.99. The number of phenolic OH excluding ortho intramolecular Hbond substituents is 1. The van der Waals surface area contributed by atoms with Crippen molar-refractivity contribution in [2.45, 2.75) is 19.9 Å². The number of phenols is 1.